The molecule has 0 aliphatic rings. The molecule has 0 aromatic rings. The van der Waals surface area contributed by atoms with Gasteiger partial charge in [-0.25, -0.2) is 0 Å². The molecular formula is C69H116O6. The van der Waals surface area contributed by atoms with Crippen LogP contribution in [0.15, 0.2) is 109 Å². The molecule has 0 saturated carbocycles. The van der Waals surface area contributed by atoms with Crippen LogP contribution < -0.4 is 0 Å². The van der Waals surface area contributed by atoms with E-state index in [1.54, 1.807) is 0 Å². The van der Waals surface area contributed by atoms with Gasteiger partial charge >= 0.3 is 17.9 Å². The molecule has 0 aliphatic carbocycles. The van der Waals surface area contributed by atoms with Crippen LogP contribution in [0.2, 0.25) is 0 Å². The number of ether oxygens (including phenoxy) is 3. The first-order valence-electron chi connectivity index (χ1n) is 31.4. The standard InChI is InChI=1S/C69H116O6/c1-4-7-10-13-16-19-22-25-28-29-30-31-32-33-34-35-36-37-38-39-40-41-42-45-47-50-53-56-59-62-68(71)74-65-66(75-69(72)63-60-57-54-51-48-44-27-24-21-18-15-12-9-6-3)64-73-67(70)61-58-55-52-49-46-43-26-23-20-17-14-11-8-5-2/h7,10,15-16,18-19,23-28,30-31,33-34,36-37,66H,4-6,8-9,11-14,17,20-22,29,32,35,38-65H2,1-3H3/b10-7-,18-15-,19-16-,26-23-,27-24-,28-25-,31-30-,34-33-,37-36-. The number of carbonyl (C=O) groups is 3. The van der Waals surface area contributed by atoms with Crippen LogP contribution in [0.25, 0.3) is 0 Å². The van der Waals surface area contributed by atoms with Crippen molar-refractivity contribution in [2.45, 2.75) is 297 Å². The fourth-order valence-corrected chi connectivity index (χ4v) is 8.52. The number of esters is 3. The van der Waals surface area contributed by atoms with Crippen LogP contribution >= 0.6 is 0 Å². The molecule has 0 aliphatic heterocycles. The summed E-state index contributed by atoms with van der Waals surface area (Å²) in [6, 6.07) is 0. The van der Waals surface area contributed by atoms with E-state index in [0.29, 0.717) is 19.3 Å². The quantitative estimate of drug-likeness (QED) is 0.0261. The highest BCUT2D eigenvalue weighted by Crippen LogP contribution is 2.15. The second-order valence-electron chi connectivity index (χ2n) is 20.6. The lowest BCUT2D eigenvalue weighted by Gasteiger charge is -2.18. The van der Waals surface area contributed by atoms with Gasteiger partial charge in [0, 0.05) is 19.3 Å². The smallest absolute Gasteiger partial charge is 0.306 e. The first-order chi connectivity index (χ1) is 37.0. The van der Waals surface area contributed by atoms with Crippen molar-refractivity contribution < 1.29 is 28.6 Å². The molecule has 0 radical (unpaired) electrons. The molecule has 0 rings (SSSR count). The van der Waals surface area contributed by atoms with Crippen LogP contribution in [0, 0.1) is 0 Å². The zero-order chi connectivity index (χ0) is 54.3. The van der Waals surface area contributed by atoms with E-state index in [4.69, 9.17) is 14.2 Å². The van der Waals surface area contributed by atoms with E-state index < -0.39 is 6.10 Å². The van der Waals surface area contributed by atoms with Gasteiger partial charge in [-0.1, -0.05) is 259 Å². The highest BCUT2D eigenvalue weighted by molar-refractivity contribution is 5.71. The average molecular weight is 1040 g/mol. The van der Waals surface area contributed by atoms with E-state index in [9.17, 15) is 14.4 Å². The number of rotatable bonds is 56. The zero-order valence-electron chi connectivity index (χ0n) is 49.0. The number of carbonyl (C=O) groups excluding carboxylic acids is 3. The van der Waals surface area contributed by atoms with Gasteiger partial charge in [-0.3, -0.25) is 14.4 Å². The Balaban J connectivity index is 4.29. The molecule has 6 nitrogen and oxygen atoms in total. The van der Waals surface area contributed by atoms with E-state index in [-0.39, 0.29) is 31.1 Å². The van der Waals surface area contributed by atoms with Crippen molar-refractivity contribution in [2.75, 3.05) is 13.2 Å². The van der Waals surface area contributed by atoms with Crippen LogP contribution in [0.1, 0.15) is 290 Å². The lowest BCUT2D eigenvalue weighted by molar-refractivity contribution is -0.167. The Hall–Kier alpha value is -3.93. The van der Waals surface area contributed by atoms with Gasteiger partial charge in [0.05, 0.1) is 0 Å². The fourth-order valence-electron chi connectivity index (χ4n) is 8.52. The number of hydrogen-bond donors (Lipinski definition) is 0. The average Bonchev–Trinajstić information content (AvgIpc) is 3.41. The Labute approximate surface area is 463 Å². The summed E-state index contributed by atoms with van der Waals surface area (Å²) in [6.07, 6.45) is 85.2. The second kappa shape index (κ2) is 62.6. The van der Waals surface area contributed by atoms with E-state index in [1.807, 2.05) is 0 Å². The monoisotopic (exact) mass is 1040 g/mol. The van der Waals surface area contributed by atoms with Crippen LogP contribution in [0.3, 0.4) is 0 Å². The summed E-state index contributed by atoms with van der Waals surface area (Å²) in [5, 5.41) is 0. The minimum Gasteiger partial charge on any atom is -0.462 e. The van der Waals surface area contributed by atoms with Gasteiger partial charge in [-0.05, 0) is 122 Å². The molecule has 75 heavy (non-hydrogen) atoms. The SMILES string of the molecule is CC/C=C\C/C=C\C/C=C\C/C=C\C/C=C\C/C=C\CCCCCCCCCCCCC(=O)OCC(COC(=O)CCCCCCC/C=C\CCCCCCC)OC(=O)CCCCCCC/C=C\C/C=C\CCCC. The van der Waals surface area contributed by atoms with Crippen LogP contribution in [-0.4, -0.2) is 37.2 Å². The highest BCUT2D eigenvalue weighted by Gasteiger charge is 2.19. The Morgan fingerprint density at radius 2 is 0.533 bits per heavy atom. The highest BCUT2D eigenvalue weighted by atomic mass is 16.6. The Bertz CT molecular complexity index is 1520. The molecule has 0 aromatic heterocycles. The molecule has 1 atom stereocenters. The van der Waals surface area contributed by atoms with Crippen molar-refractivity contribution in [3.8, 4) is 0 Å². The summed E-state index contributed by atoms with van der Waals surface area (Å²) in [4.78, 5) is 38.2. The van der Waals surface area contributed by atoms with Crippen molar-refractivity contribution >= 4 is 17.9 Å². The Morgan fingerprint density at radius 1 is 0.280 bits per heavy atom. The lowest BCUT2D eigenvalue weighted by Crippen LogP contribution is -2.30. The Morgan fingerprint density at radius 3 is 0.867 bits per heavy atom. The van der Waals surface area contributed by atoms with Gasteiger partial charge in [0.2, 0.25) is 0 Å². The third-order valence-corrected chi connectivity index (χ3v) is 13.2. The van der Waals surface area contributed by atoms with Crippen LogP contribution in [-0.2, 0) is 28.6 Å². The van der Waals surface area contributed by atoms with E-state index >= 15 is 0 Å². The van der Waals surface area contributed by atoms with Gasteiger partial charge < -0.3 is 14.2 Å². The van der Waals surface area contributed by atoms with Crippen molar-refractivity contribution in [2.24, 2.45) is 0 Å². The minimum absolute atomic E-state index is 0.0887. The molecule has 0 aromatic carbocycles. The van der Waals surface area contributed by atoms with Crippen molar-refractivity contribution in [3.05, 3.63) is 109 Å². The van der Waals surface area contributed by atoms with Crippen molar-refractivity contribution in [3.63, 3.8) is 0 Å². The molecule has 0 fully saturated rings. The first kappa shape index (κ1) is 71.1. The molecule has 0 saturated heterocycles. The fraction of sp³-hybridized carbons (Fsp3) is 0.696. The molecule has 0 N–H and O–H groups in total. The number of hydrogen-bond acceptors (Lipinski definition) is 6. The zero-order valence-corrected chi connectivity index (χ0v) is 49.0. The summed E-state index contributed by atoms with van der Waals surface area (Å²) in [7, 11) is 0. The van der Waals surface area contributed by atoms with E-state index in [2.05, 4.69) is 130 Å². The minimum atomic E-state index is -0.792. The van der Waals surface area contributed by atoms with Crippen LogP contribution in [0.5, 0.6) is 0 Å². The normalized spacial score (nSPS) is 12.8. The van der Waals surface area contributed by atoms with E-state index in [1.165, 1.54) is 122 Å². The summed E-state index contributed by atoms with van der Waals surface area (Å²) in [5.74, 6) is -0.910. The maximum absolute atomic E-state index is 12.9. The molecular weight excluding hydrogens is 925 g/mol. The molecule has 0 amide bonds. The van der Waals surface area contributed by atoms with E-state index in [0.717, 1.165) is 128 Å². The van der Waals surface area contributed by atoms with Gasteiger partial charge in [-0.15, -0.1) is 0 Å². The molecule has 0 heterocycles. The second-order valence-corrected chi connectivity index (χ2v) is 20.6. The third-order valence-electron chi connectivity index (χ3n) is 13.2. The van der Waals surface area contributed by atoms with Crippen molar-refractivity contribution in [1.29, 1.82) is 0 Å². The molecule has 0 bridgehead atoms. The largest absolute Gasteiger partial charge is 0.462 e. The van der Waals surface area contributed by atoms with Crippen LogP contribution in [0.4, 0.5) is 0 Å². The predicted molar refractivity (Wildman–Crippen MR) is 325 cm³/mol. The maximum Gasteiger partial charge on any atom is 0.306 e. The third kappa shape index (κ3) is 60.8. The molecule has 6 heteroatoms. The molecule has 428 valence electrons. The molecule has 0 spiro atoms. The summed E-state index contributed by atoms with van der Waals surface area (Å²) in [5.41, 5.74) is 0. The van der Waals surface area contributed by atoms with Crippen molar-refractivity contribution in [1.82, 2.24) is 0 Å². The maximum atomic E-state index is 12.9. The summed E-state index contributed by atoms with van der Waals surface area (Å²) >= 11 is 0. The topological polar surface area (TPSA) is 78.9 Å². The Kier molecular flexibility index (Phi) is 59.3. The molecule has 1 unspecified atom stereocenters. The van der Waals surface area contributed by atoms with Gasteiger partial charge in [0.25, 0.3) is 0 Å². The number of allylic oxidation sites excluding steroid dienone is 18. The lowest BCUT2D eigenvalue weighted by atomic mass is 10.1. The van der Waals surface area contributed by atoms with Gasteiger partial charge in [0.15, 0.2) is 6.10 Å². The number of unbranched alkanes of at least 4 members (excludes halogenated alkanes) is 27. The van der Waals surface area contributed by atoms with Gasteiger partial charge in [-0.2, -0.15) is 0 Å². The predicted octanol–water partition coefficient (Wildman–Crippen LogP) is 21.4. The summed E-state index contributed by atoms with van der Waals surface area (Å²) < 4.78 is 16.9. The first-order valence-corrected chi connectivity index (χ1v) is 31.4. The van der Waals surface area contributed by atoms with Gasteiger partial charge in [0.1, 0.15) is 13.2 Å². The summed E-state index contributed by atoms with van der Waals surface area (Å²) in [6.45, 7) is 6.46.